The van der Waals surface area contributed by atoms with Gasteiger partial charge in [-0.25, -0.2) is 9.80 Å². The number of esters is 1. The lowest BCUT2D eigenvalue weighted by atomic mass is 10.1. The second-order valence-corrected chi connectivity index (χ2v) is 6.27. The zero-order valence-corrected chi connectivity index (χ0v) is 15.4. The van der Waals surface area contributed by atoms with Crippen LogP contribution in [0.1, 0.15) is 24.9 Å². The SMILES string of the molecule is C[C@@H](NC(=O)COC(=O)C1=CCC(=O)N(c2ccccc2)N1)c1ccccc1. The highest BCUT2D eigenvalue weighted by atomic mass is 16.5. The Morgan fingerprint density at radius 2 is 1.75 bits per heavy atom. The van der Waals surface area contributed by atoms with E-state index in [0.29, 0.717) is 5.69 Å². The number of hydrogen-bond acceptors (Lipinski definition) is 5. The molecule has 2 aromatic carbocycles. The van der Waals surface area contributed by atoms with E-state index in [2.05, 4.69) is 10.7 Å². The van der Waals surface area contributed by atoms with Gasteiger partial charge in [-0.1, -0.05) is 48.5 Å². The van der Waals surface area contributed by atoms with Crippen molar-refractivity contribution in [2.45, 2.75) is 19.4 Å². The van der Waals surface area contributed by atoms with Crippen molar-refractivity contribution in [2.75, 3.05) is 11.6 Å². The average molecular weight is 379 g/mol. The van der Waals surface area contributed by atoms with Crippen LogP contribution >= 0.6 is 0 Å². The quantitative estimate of drug-likeness (QED) is 0.752. The Bertz CT molecular complexity index is 881. The summed E-state index contributed by atoms with van der Waals surface area (Å²) in [6.07, 6.45) is 1.51. The molecule has 1 heterocycles. The summed E-state index contributed by atoms with van der Waals surface area (Å²) >= 11 is 0. The van der Waals surface area contributed by atoms with Gasteiger partial charge in [0.2, 0.25) is 5.91 Å². The number of hydrogen-bond donors (Lipinski definition) is 2. The maximum absolute atomic E-state index is 12.3. The van der Waals surface area contributed by atoms with E-state index in [-0.39, 0.29) is 24.1 Å². The van der Waals surface area contributed by atoms with Gasteiger partial charge >= 0.3 is 5.97 Å². The Labute approximate surface area is 163 Å². The molecule has 0 aliphatic carbocycles. The summed E-state index contributed by atoms with van der Waals surface area (Å²) in [5, 5.41) is 4.06. The Morgan fingerprint density at radius 1 is 1.11 bits per heavy atom. The van der Waals surface area contributed by atoms with Gasteiger partial charge in [0.15, 0.2) is 6.61 Å². The van der Waals surface area contributed by atoms with E-state index in [1.54, 1.807) is 24.3 Å². The second-order valence-electron chi connectivity index (χ2n) is 6.27. The van der Waals surface area contributed by atoms with Gasteiger partial charge in [0.1, 0.15) is 5.70 Å². The number of anilines is 1. The molecule has 1 aliphatic rings. The molecular weight excluding hydrogens is 358 g/mol. The second kappa shape index (κ2) is 8.85. The van der Waals surface area contributed by atoms with Gasteiger partial charge < -0.3 is 10.1 Å². The molecule has 1 aliphatic heterocycles. The van der Waals surface area contributed by atoms with E-state index in [4.69, 9.17) is 4.74 Å². The predicted molar refractivity (Wildman–Crippen MR) is 104 cm³/mol. The molecule has 0 bridgehead atoms. The fraction of sp³-hybridized carbons (Fsp3) is 0.190. The largest absolute Gasteiger partial charge is 0.451 e. The molecule has 28 heavy (non-hydrogen) atoms. The van der Waals surface area contributed by atoms with Crippen molar-refractivity contribution >= 4 is 23.5 Å². The van der Waals surface area contributed by atoms with E-state index in [1.165, 1.54) is 11.1 Å². The number of nitrogens with zero attached hydrogens (tertiary/aromatic N) is 1. The van der Waals surface area contributed by atoms with Crippen LogP contribution in [-0.2, 0) is 19.1 Å². The molecule has 0 radical (unpaired) electrons. The number of para-hydroxylation sites is 1. The molecule has 0 saturated heterocycles. The van der Waals surface area contributed by atoms with Gasteiger partial charge in [-0.3, -0.25) is 15.0 Å². The molecule has 144 valence electrons. The summed E-state index contributed by atoms with van der Waals surface area (Å²) in [4.78, 5) is 36.4. The molecule has 2 aromatic rings. The summed E-state index contributed by atoms with van der Waals surface area (Å²) in [5.74, 6) is -1.30. The van der Waals surface area contributed by atoms with Crippen molar-refractivity contribution in [1.29, 1.82) is 0 Å². The van der Waals surface area contributed by atoms with Gasteiger partial charge in [-0.15, -0.1) is 0 Å². The average Bonchev–Trinajstić information content (AvgIpc) is 2.73. The molecule has 7 nitrogen and oxygen atoms in total. The van der Waals surface area contributed by atoms with Crippen LogP contribution in [0.25, 0.3) is 0 Å². The molecule has 0 unspecified atom stereocenters. The minimum absolute atomic E-state index is 0.0591. The van der Waals surface area contributed by atoms with Crippen molar-refractivity contribution in [3.05, 3.63) is 78.0 Å². The fourth-order valence-corrected chi connectivity index (χ4v) is 2.74. The van der Waals surface area contributed by atoms with Crippen molar-refractivity contribution in [3.8, 4) is 0 Å². The summed E-state index contributed by atoms with van der Waals surface area (Å²) in [7, 11) is 0. The van der Waals surface area contributed by atoms with E-state index in [9.17, 15) is 14.4 Å². The summed E-state index contributed by atoms with van der Waals surface area (Å²) < 4.78 is 5.08. The maximum Gasteiger partial charge on any atom is 0.356 e. The molecule has 0 aromatic heterocycles. The minimum Gasteiger partial charge on any atom is -0.451 e. The van der Waals surface area contributed by atoms with Gasteiger partial charge in [0.05, 0.1) is 11.7 Å². The van der Waals surface area contributed by atoms with Gasteiger partial charge in [-0.05, 0) is 30.7 Å². The lowest BCUT2D eigenvalue weighted by Gasteiger charge is -2.28. The molecule has 3 rings (SSSR count). The Kier molecular flexibility index (Phi) is 6.06. The number of amides is 2. The predicted octanol–water partition coefficient (Wildman–Crippen LogP) is 2.23. The lowest BCUT2D eigenvalue weighted by Crippen LogP contribution is -2.47. The van der Waals surface area contributed by atoms with Crippen LogP contribution in [0.15, 0.2) is 72.4 Å². The van der Waals surface area contributed by atoms with Gasteiger partial charge in [-0.2, -0.15) is 0 Å². The third-order valence-corrected chi connectivity index (χ3v) is 4.21. The first-order valence-corrected chi connectivity index (χ1v) is 8.91. The molecule has 0 fully saturated rings. The number of nitrogens with one attached hydrogen (secondary N) is 2. The molecular formula is C21H21N3O4. The number of rotatable bonds is 6. The Hall–Kier alpha value is -3.61. The number of carbonyl (C=O) groups excluding carboxylic acids is 3. The van der Waals surface area contributed by atoms with Crippen LogP contribution in [0.3, 0.4) is 0 Å². The summed E-state index contributed by atoms with van der Waals surface area (Å²) in [6, 6.07) is 18.2. The molecule has 7 heteroatoms. The Morgan fingerprint density at radius 3 is 2.43 bits per heavy atom. The number of hydrazine groups is 1. The molecule has 0 saturated carbocycles. The number of benzene rings is 2. The first-order chi connectivity index (χ1) is 13.5. The molecule has 2 amide bonds. The monoisotopic (exact) mass is 379 g/mol. The fourth-order valence-electron chi connectivity index (χ4n) is 2.74. The Balaban J connectivity index is 1.53. The smallest absolute Gasteiger partial charge is 0.356 e. The van der Waals surface area contributed by atoms with E-state index in [1.807, 2.05) is 43.3 Å². The zero-order chi connectivity index (χ0) is 19.9. The number of carbonyl (C=O) groups is 3. The minimum atomic E-state index is -0.698. The summed E-state index contributed by atoms with van der Waals surface area (Å²) in [5.41, 5.74) is 4.43. The topological polar surface area (TPSA) is 87.7 Å². The third-order valence-electron chi connectivity index (χ3n) is 4.21. The first-order valence-electron chi connectivity index (χ1n) is 8.91. The van der Waals surface area contributed by atoms with E-state index in [0.717, 1.165) is 5.56 Å². The highest BCUT2D eigenvalue weighted by Crippen LogP contribution is 2.17. The van der Waals surface area contributed by atoms with Crippen molar-refractivity contribution in [3.63, 3.8) is 0 Å². The van der Waals surface area contributed by atoms with Crippen LogP contribution in [-0.4, -0.2) is 24.4 Å². The van der Waals surface area contributed by atoms with Crippen molar-refractivity contribution in [2.24, 2.45) is 0 Å². The van der Waals surface area contributed by atoms with Crippen LogP contribution in [0.5, 0.6) is 0 Å². The van der Waals surface area contributed by atoms with Gasteiger partial charge in [0, 0.05) is 6.42 Å². The van der Waals surface area contributed by atoms with Crippen LogP contribution in [0.2, 0.25) is 0 Å². The zero-order valence-electron chi connectivity index (χ0n) is 15.4. The van der Waals surface area contributed by atoms with Crippen molar-refractivity contribution in [1.82, 2.24) is 10.7 Å². The van der Waals surface area contributed by atoms with E-state index >= 15 is 0 Å². The van der Waals surface area contributed by atoms with Crippen LogP contribution < -0.4 is 15.8 Å². The normalized spacial score (nSPS) is 14.5. The number of ether oxygens (including phenoxy) is 1. The molecule has 0 spiro atoms. The molecule has 1 atom stereocenters. The lowest BCUT2D eigenvalue weighted by molar-refractivity contribution is -0.145. The van der Waals surface area contributed by atoms with Crippen LogP contribution in [0, 0.1) is 0 Å². The third kappa shape index (κ3) is 4.76. The molecule has 2 N–H and O–H groups in total. The maximum atomic E-state index is 12.3. The standard InChI is InChI=1S/C21H21N3O4/c1-15(16-8-4-2-5-9-16)22-19(25)14-28-21(27)18-12-13-20(26)24(23-18)17-10-6-3-7-11-17/h2-12,15,23H,13-14H2,1H3,(H,22,25)/t15-/m1/s1. The van der Waals surface area contributed by atoms with Gasteiger partial charge in [0.25, 0.3) is 5.91 Å². The van der Waals surface area contributed by atoms with E-state index < -0.39 is 18.5 Å². The first kappa shape index (κ1) is 19.2. The summed E-state index contributed by atoms with van der Waals surface area (Å²) in [6.45, 7) is 1.44. The van der Waals surface area contributed by atoms with Crippen molar-refractivity contribution < 1.29 is 19.1 Å². The highest BCUT2D eigenvalue weighted by Gasteiger charge is 2.25. The van der Waals surface area contributed by atoms with Crippen LogP contribution in [0.4, 0.5) is 5.69 Å². The highest BCUT2D eigenvalue weighted by molar-refractivity contribution is 5.99.